The normalized spacial score (nSPS) is 16.0. The Morgan fingerprint density at radius 1 is 0.396 bits per heavy atom. The summed E-state index contributed by atoms with van der Waals surface area (Å²) >= 11 is 0. The lowest BCUT2D eigenvalue weighted by Crippen LogP contribution is -2.70. The highest BCUT2D eigenvalue weighted by atomic mass is 19.4. The van der Waals surface area contributed by atoms with Gasteiger partial charge >= 0.3 is 78.7 Å². The Hall–Kier alpha value is -2.82. The first kappa shape index (κ1) is 43.2. The minimum absolute atomic E-state index is 0.952. The fraction of sp³-hybridized carbons (Fsp3) is 0.667. The van der Waals surface area contributed by atoms with Gasteiger partial charge in [0.05, 0.1) is 0 Å². The molecule has 0 spiro atoms. The van der Waals surface area contributed by atoms with Crippen molar-refractivity contribution in [3.63, 3.8) is 0 Å². The molecule has 0 saturated carbocycles. The molecule has 0 heterocycles. The summed E-state index contributed by atoms with van der Waals surface area (Å²) in [5.41, 5.74) is -10.0. The summed E-state index contributed by atoms with van der Waals surface area (Å²) < 4.78 is 353. The van der Waals surface area contributed by atoms with E-state index in [0.717, 1.165) is 0 Å². The van der Waals surface area contributed by atoms with Crippen molar-refractivity contribution in [3.8, 4) is 0 Å². The van der Waals surface area contributed by atoms with E-state index in [2.05, 4.69) is 5.73 Å². The summed E-state index contributed by atoms with van der Waals surface area (Å²) in [6.07, 6.45) is -16.2. The minimum atomic E-state index is -9.01. The minimum Gasteiger partial charge on any atom is -0.423 e. The molecule has 30 heteroatoms. The average molecular weight is 773 g/mol. The van der Waals surface area contributed by atoms with Crippen LogP contribution in [0, 0.1) is 0 Å². The van der Waals surface area contributed by atoms with Gasteiger partial charge in [-0.05, 0) is 17.6 Å². The quantitative estimate of drug-likeness (QED) is 0.125. The number of nitrogens with two attached hydrogens (primary N) is 1. The number of alkyl halides is 26. The van der Waals surface area contributed by atoms with Crippen LogP contribution in [0.3, 0.4) is 0 Å². The smallest absolute Gasteiger partial charge is 0.423 e. The summed E-state index contributed by atoms with van der Waals surface area (Å²) in [5.74, 6) is -87.1. The van der Waals surface area contributed by atoms with Crippen molar-refractivity contribution in [2.45, 2.75) is 71.6 Å². The van der Waals surface area contributed by atoms with E-state index < -0.39 is 113 Å². The van der Waals surface area contributed by atoms with E-state index in [9.17, 15) is 114 Å². The summed E-state index contributed by atoms with van der Waals surface area (Å²) in [5, 5.41) is 18.1. The number of halogens is 26. The van der Waals surface area contributed by atoms with Crippen LogP contribution < -0.4 is 11.2 Å². The first-order valence-corrected chi connectivity index (χ1v) is 10.7. The van der Waals surface area contributed by atoms with Gasteiger partial charge < -0.3 is 15.8 Å². The molecule has 0 bridgehead atoms. The molecule has 0 atom stereocenters. The lowest BCUT2D eigenvalue weighted by Gasteiger charge is -2.42. The highest BCUT2D eigenvalue weighted by molar-refractivity contribution is 6.59. The fourth-order valence-electron chi connectivity index (χ4n) is 3.35. The highest BCUT2D eigenvalue weighted by Gasteiger charge is 2.93. The number of benzene rings is 1. The average Bonchev–Trinajstić information content (AvgIpc) is 2.85. The second-order valence-corrected chi connectivity index (χ2v) is 9.15. The van der Waals surface area contributed by atoms with Crippen molar-refractivity contribution in [1.82, 2.24) is 0 Å². The first-order chi connectivity index (χ1) is 20.4. The van der Waals surface area contributed by atoms with Crippen LogP contribution in [0.25, 0.3) is 0 Å². The number of hydrogen-bond donors (Lipinski definition) is 3. The standard InChI is InChI=1S/C18H6BF26NO2/c20-7(21,9(24,25)11(28,29)13(32,33)15(36,37)17(40,41)42)4-1-3(46)2-5(19(47)48)6(4)8(22,23)10(26,27)12(30,31)14(34,35)16(38,39)18(43,44)45/h1-2,47-48H,46H2. The Balaban J connectivity index is 4.42. The molecular formula is C18H6BF26NO2. The predicted octanol–water partition coefficient (Wildman–Crippen LogP) is 7.34. The van der Waals surface area contributed by atoms with Gasteiger partial charge in [-0.2, -0.15) is 114 Å². The van der Waals surface area contributed by atoms with E-state index in [0.29, 0.717) is 0 Å². The van der Waals surface area contributed by atoms with Gasteiger partial charge in [-0.3, -0.25) is 0 Å². The maximum atomic E-state index is 14.9. The zero-order valence-electron chi connectivity index (χ0n) is 21.0. The van der Waals surface area contributed by atoms with Crippen molar-refractivity contribution in [3.05, 3.63) is 23.3 Å². The van der Waals surface area contributed by atoms with Crippen LogP contribution in [-0.2, 0) is 11.8 Å². The largest absolute Gasteiger partial charge is 0.489 e. The van der Waals surface area contributed by atoms with Gasteiger partial charge in [0.1, 0.15) is 0 Å². The van der Waals surface area contributed by atoms with Crippen molar-refractivity contribution in [2.24, 2.45) is 0 Å². The molecule has 1 aromatic carbocycles. The third-order valence-corrected chi connectivity index (χ3v) is 5.99. The molecule has 0 fully saturated rings. The first-order valence-electron chi connectivity index (χ1n) is 10.7. The van der Waals surface area contributed by atoms with E-state index in [1.807, 2.05) is 0 Å². The molecule has 48 heavy (non-hydrogen) atoms. The number of hydrogen-bond acceptors (Lipinski definition) is 3. The van der Waals surface area contributed by atoms with Gasteiger partial charge in [0, 0.05) is 16.8 Å². The second kappa shape index (κ2) is 11.1. The molecule has 1 aromatic rings. The molecule has 0 aliphatic heterocycles. The van der Waals surface area contributed by atoms with Crippen molar-refractivity contribution in [2.75, 3.05) is 5.73 Å². The molecule has 0 saturated heterocycles. The Kier molecular flexibility index (Phi) is 9.99. The molecule has 280 valence electrons. The van der Waals surface area contributed by atoms with Crippen LogP contribution >= 0.6 is 0 Å². The maximum Gasteiger partial charge on any atom is 0.489 e. The van der Waals surface area contributed by atoms with Crippen molar-refractivity contribution >= 4 is 18.3 Å². The summed E-state index contributed by atoms with van der Waals surface area (Å²) in [4.78, 5) is 0. The van der Waals surface area contributed by atoms with Crippen LogP contribution in [0.2, 0.25) is 0 Å². The monoisotopic (exact) mass is 773 g/mol. The number of anilines is 1. The lowest BCUT2D eigenvalue weighted by atomic mass is 9.70. The lowest BCUT2D eigenvalue weighted by molar-refractivity contribution is -0.444. The van der Waals surface area contributed by atoms with Gasteiger partial charge in [-0.25, -0.2) is 0 Å². The Labute approximate surface area is 244 Å². The van der Waals surface area contributed by atoms with E-state index in [1.54, 1.807) is 0 Å². The topological polar surface area (TPSA) is 66.5 Å². The van der Waals surface area contributed by atoms with E-state index >= 15 is 0 Å². The third kappa shape index (κ3) is 5.41. The Bertz CT molecular complexity index is 1360. The summed E-state index contributed by atoms with van der Waals surface area (Å²) in [6.45, 7) is 0. The van der Waals surface area contributed by atoms with E-state index in [4.69, 9.17) is 10.0 Å². The van der Waals surface area contributed by atoms with Crippen LogP contribution in [0.1, 0.15) is 11.1 Å². The Morgan fingerprint density at radius 3 is 0.938 bits per heavy atom. The van der Waals surface area contributed by atoms with Gasteiger partial charge in [0.15, 0.2) is 0 Å². The predicted molar refractivity (Wildman–Crippen MR) is 100 cm³/mol. The highest BCUT2D eigenvalue weighted by Crippen LogP contribution is 2.65. The van der Waals surface area contributed by atoms with Gasteiger partial charge in [0.2, 0.25) is 0 Å². The van der Waals surface area contributed by atoms with Crippen molar-refractivity contribution in [1.29, 1.82) is 0 Å². The number of rotatable bonds is 11. The molecule has 0 amide bonds. The zero-order chi connectivity index (χ0) is 39.3. The molecule has 0 aliphatic rings. The van der Waals surface area contributed by atoms with Gasteiger partial charge in [-0.1, -0.05) is 0 Å². The van der Waals surface area contributed by atoms with Crippen LogP contribution in [0.5, 0.6) is 0 Å². The molecule has 0 aliphatic carbocycles. The van der Waals surface area contributed by atoms with E-state index in [-0.39, 0.29) is 0 Å². The third-order valence-electron chi connectivity index (χ3n) is 5.99. The zero-order valence-corrected chi connectivity index (χ0v) is 21.0. The number of nitrogen functional groups attached to an aromatic ring is 1. The van der Waals surface area contributed by atoms with Crippen molar-refractivity contribution < 1.29 is 124 Å². The molecule has 3 nitrogen and oxygen atoms in total. The molecule has 0 aromatic heterocycles. The summed E-state index contributed by atoms with van der Waals surface area (Å²) in [6, 6.07) is -2.59. The fourth-order valence-corrected chi connectivity index (χ4v) is 3.35. The van der Waals surface area contributed by atoms with Crippen LogP contribution in [-0.4, -0.2) is 76.9 Å². The van der Waals surface area contributed by atoms with Gasteiger partial charge in [0.25, 0.3) is 0 Å². The SMILES string of the molecule is Nc1cc(B(O)O)c(C(F)(F)C(F)(F)C(F)(F)C(F)(F)C(F)(F)C(F)(F)F)c(C(F)(F)C(F)(F)C(F)(F)C(F)(F)C(F)(F)C(F)(F)F)c1. The molecule has 1 rings (SSSR count). The molecule has 4 N–H and O–H groups in total. The molecule has 0 unspecified atom stereocenters. The molecule has 0 radical (unpaired) electrons. The second-order valence-electron chi connectivity index (χ2n) is 9.15. The van der Waals surface area contributed by atoms with E-state index in [1.165, 1.54) is 0 Å². The van der Waals surface area contributed by atoms with Crippen LogP contribution in [0.4, 0.5) is 120 Å². The maximum absolute atomic E-state index is 14.9. The molecular weight excluding hydrogens is 767 g/mol. The summed E-state index contributed by atoms with van der Waals surface area (Å²) in [7, 11) is -4.41. The Morgan fingerprint density at radius 2 is 0.667 bits per heavy atom. The van der Waals surface area contributed by atoms with Gasteiger partial charge in [-0.15, -0.1) is 0 Å². The van der Waals surface area contributed by atoms with Crippen LogP contribution in [0.15, 0.2) is 12.1 Å².